The minimum absolute atomic E-state index is 0.0131. The lowest BCUT2D eigenvalue weighted by atomic mass is 10.2. The highest BCUT2D eigenvalue weighted by Crippen LogP contribution is 2.28. The monoisotopic (exact) mass is 502 g/mol. The van der Waals surface area contributed by atoms with Gasteiger partial charge in [0.05, 0.1) is 38.0 Å². The molecule has 0 saturated carbocycles. The molecule has 1 heterocycles. The Morgan fingerprint density at radius 1 is 1.15 bits per heavy atom. The fourth-order valence-electron chi connectivity index (χ4n) is 3.12. The molecular formula is C22H13ClF2N4O4S. The molecule has 0 aliphatic rings. The zero-order valence-corrected chi connectivity index (χ0v) is 18.6. The number of nitro benzene ring substituents is 1. The first-order valence-electron chi connectivity index (χ1n) is 9.58. The summed E-state index contributed by atoms with van der Waals surface area (Å²) in [6.45, 7) is 0. The van der Waals surface area contributed by atoms with E-state index in [4.69, 9.17) is 11.6 Å². The zero-order chi connectivity index (χ0) is 24.4. The van der Waals surface area contributed by atoms with Gasteiger partial charge in [-0.1, -0.05) is 35.5 Å². The number of nitro groups is 1. The van der Waals surface area contributed by atoms with E-state index in [-0.39, 0.29) is 38.4 Å². The minimum Gasteiger partial charge on any atom is -0.324 e. The highest BCUT2D eigenvalue weighted by molar-refractivity contribution is 7.99. The standard InChI is InChI=1S/C22H13ClF2N4O4S/c23-15-10-13(29(32)33)6-7-18(15)26-20(30)11-34-22-27-17-4-2-1-3-14(17)21(31)28(22)19-8-5-12(24)9-16(19)25/h1-10H,11H2,(H,26,30). The summed E-state index contributed by atoms with van der Waals surface area (Å²) in [5.41, 5.74) is -0.537. The van der Waals surface area contributed by atoms with Crippen LogP contribution in [-0.2, 0) is 4.79 Å². The number of para-hydroxylation sites is 1. The Morgan fingerprint density at radius 3 is 2.62 bits per heavy atom. The number of rotatable bonds is 6. The van der Waals surface area contributed by atoms with E-state index in [1.54, 1.807) is 18.2 Å². The third-order valence-corrected chi connectivity index (χ3v) is 5.92. The van der Waals surface area contributed by atoms with Crippen LogP contribution in [-0.4, -0.2) is 26.1 Å². The van der Waals surface area contributed by atoms with Crippen LogP contribution in [0.2, 0.25) is 5.02 Å². The third-order valence-electron chi connectivity index (χ3n) is 4.67. The Balaban J connectivity index is 1.66. The maximum atomic E-state index is 14.5. The van der Waals surface area contributed by atoms with Crippen LogP contribution < -0.4 is 10.9 Å². The molecule has 172 valence electrons. The van der Waals surface area contributed by atoms with Crippen LogP contribution in [0.25, 0.3) is 16.6 Å². The number of fused-ring (bicyclic) bond motifs is 1. The van der Waals surface area contributed by atoms with Crippen LogP contribution in [0.5, 0.6) is 0 Å². The molecule has 34 heavy (non-hydrogen) atoms. The summed E-state index contributed by atoms with van der Waals surface area (Å²) in [6.07, 6.45) is 0. The number of amides is 1. The third kappa shape index (κ3) is 4.75. The van der Waals surface area contributed by atoms with Crippen molar-refractivity contribution in [2.45, 2.75) is 5.16 Å². The largest absolute Gasteiger partial charge is 0.324 e. The molecule has 8 nitrogen and oxygen atoms in total. The first-order chi connectivity index (χ1) is 16.2. The number of nitrogens with one attached hydrogen (secondary N) is 1. The van der Waals surface area contributed by atoms with Crippen molar-refractivity contribution in [1.82, 2.24) is 9.55 Å². The van der Waals surface area contributed by atoms with Crippen molar-refractivity contribution in [1.29, 1.82) is 0 Å². The normalized spacial score (nSPS) is 10.9. The second kappa shape index (κ2) is 9.57. The van der Waals surface area contributed by atoms with Gasteiger partial charge in [0.1, 0.15) is 11.6 Å². The molecule has 0 aliphatic carbocycles. The quantitative estimate of drug-likeness (QED) is 0.173. The van der Waals surface area contributed by atoms with Gasteiger partial charge in [0.25, 0.3) is 11.2 Å². The van der Waals surface area contributed by atoms with Crippen LogP contribution >= 0.6 is 23.4 Å². The first-order valence-corrected chi connectivity index (χ1v) is 10.9. The van der Waals surface area contributed by atoms with Crippen molar-refractivity contribution in [2.24, 2.45) is 0 Å². The minimum atomic E-state index is -0.969. The molecule has 1 N–H and O–H groups in total. The van der Waals surface area contributed by atoms with Gasteiger partial charge in [-0.3, -0.25) is 24.3 Å². The summed E-state index contributed by atoms with van der Waals surface area (Å²) in [7, 11) is 0. The van der Waals surface area contributed by atoms with Crippen molar-refractivity contribution in [3.8, 4) is 5.69 Å². The van der Waals surface area contributed by atoms with Gasteiger partial charge in [-0.15, -0.1) is 0 Å². The molecule has 0 atom stereocenters. The van der Waals surface area contributed by atoms with Crippen LogP contribution in [0, 0.1) is 21.7 Å². The number of anilines is 1. The molecule has 0 spiro atoms. The summed E-state index contributed by atoms with van der Waals surface area (Å²) in [6, 6.07) is 12.8. The molecule has 4 aromatic rings. The topological polar surface area (TPSA) is 107 Å². The van der Waals surface area contributed by atoms with E-state index in [2.05, 4.69) is 10.3 Å². The van der Waals surface area contributed by atoms with Crippen molar-refractivity contribution >= 4 is 51.5 Å². The number of halogens is 3. The zero-order valence-electron chi connectivity index (χ0n) is 17.0. The van der Waals surface area contributed by atoms with E-state index in [1.165, 1.54) is 18.2 Å². The number of non-ortho nitro benzene ring substituents is 1. The molecule has 12 heteroatoms. The number of thioether (sulfide) groups is 1. The number of hydrogen-bond donors (Lipinski definition) is 1. The van der Waals surface area contributed by atoms with Crippen LogP contribution in [0.3, 0.4) is 0 Å². The van der Waals surface area contributed by atoms with E-state index in [1.807, 2.05) is 0 Å². The van der Waals surface area contributed by atoms with E-state index < -0.39 is 28.0 Å². The molecule has 0 bridgehead atoms. The van der Waals surface area contributed by atoms with Gasteiger partial charge in [-0.25, -0.2) is 13.8 Å². The van der Waals surface area contributed by atoms with Gasteiger partial charge in [0.15, 0.2) is 5.16 Å². The van der Waals surface area contributed by atoms with Gasteiger partial charge < -0.3 is 5.32 Å². The Kier molecular flexibility index (Phi) is 6.57. The maximum Gasteiger partial charge on any atom is 0.271 e. The predicted molar refractivity (Wildman–Crippen MR) is 125 cm³/mol. The second-order valence-corrected chi connectivity index (χ2v) is 8.26. The van der Waals surface area contributed by atoms with E-state index in [0.29, 0.717) is 11.6 Å². The van der Waals surface area contributed by atoms with Gasteiger partial charge in [0.2, 0.25) is 5.91 Å². The van der Waals surface area contributed by atoms with Crippen LogP contribution in [0.4, 0.5) is 20.2 Å². The first kappa shape index (κ1) is 23.3. The van der Waals surface area contributed by atoms with Crippen molar-refractivity contribution in [3.63, 3.8) is 0 Å². The number of aromatic nitrogens is 2. The average molecular weight is 503 g/mol. The number of nitrogens with zero attached hydrogens (tertiary/aromatic N) is 3. The molecule has 0 radical (unpaired) electrons. The van der Waals surface area contributed by atoms with Crippen molar-refractivity contribution < 1.29 is 18.5 Å². The Labute approximate surface area is 199 Å². The highest BCUT2D eigenvalue weighted by Gasteiger charge is 2.18. The highest BCUT2D eigenvalue weighted by atomic mass is 35.5. The molecule has 0 unspecified atom stereocenters. The molecule has 4 rings (SSSR count). The number of carbonyl (C=O) groups is 1. The molecule has 0 fully saturated rings. The molecule has 0 aliphatic heterocycles. The van der Waals surface area contributed by atoms with Gasteiger partial charge in [-0.2, -0.15) is 0 Å². The summed E-state index contributed by atoms with van der Waals surface area (Å²) >= 11 is 6.85. The smallest absolute Gasteiger partial charge is 0.271 e. The van der Waals surface area contributed by atoms with Crippen molar-refractivity contribution in [2.75, 3.05) is 11.1 Å². The Hall–Kier alpha value is -3.83. The van der Waals surface area contributed by atoms with Gasteiger partial charge in [-0.05, 0) is 30.3 Å². The Morgan fingerprint density at radius 2 is 1.91 bits per heavy atom. The number of carbonyl (C=O) groups excluding carboxylic acids is 1. The summed E-state index contributed by atoms with van der Waals surface area (Å²) < 4.78 is 28.9. The Bertz CT molecular complexity index is 1510. The lowest BCUT2D eigenvalue weighted by Crippen LogP contribution is -2.23. The van der Waals surface area contributed by atoms with Gasteiger partial charge >= 0.3 is 0 Å². The number of hydrogen-bond acceptors (Lipinski definition) is 6. The molecular weight excluding hydrogens is 490 g/mol. The fraction of sp³-hybridized carbons (Fsp3) is 0.0455. The summed E-state index contributed by atoms with van der Waals surface area (Å²) in [5, 5.41) is 13.6. The molecule has 1 amide bonds. The van der Waals surface area contributed by atoms with E-state index in [9.17, 15) is 28.5 Å². The maximum absolute atomic E-state index is 14.5. The van der Waals surface area contributed by atoms with Crippen molar-refractivity contribution in [3.05, 3.63) is 97.8 Å². The molecule has 0 saturated heterocycles. The fourth-order valence-corrected chi connectivity index (χ4v) is 4.15. The average Bonchev–Trinajstić information content (AvgIpc) is 2.80. The van der Waals surface area contributed by atoms with E-state index >= 15 is 0 Å². The SMILES string of the molecule is O=C(CSc1nc2ccccc2c(=O)n1-c1ccc(F)cc1F)Nc1ccc([N+](=O)[O-])cc1Cl. The summed E-state index contributed by atoms with van der Waals surface area (Å²) in [4.78, 5) is 40.2. The second-order valence-electron chi connectivity index (χ2n) is 6.91. The van der Waals surface area contributed by atoms with Crippen LogP contribution in [0.15, 0.2) is 70.6 Å². The van der Waals surface area contributed by atoms with Gasteiger partial charge in [0, 0.05) is 18.2 Å². The van der Waals surface area contributed by atoms with E-state index in [0.717, 1.165) is 34.5 Å². The molecule has 1 aromatic heterocycles. The molecule has 3 aromatic carbocycles. The lowest BCUT2D eigenvalue weighted by molar-refractivity contribution is -0.384. The van der Waals surface area contributed by atoms with Crippen LogP contribution in [0.1, 0.15) is 0 Å². The summed E-state index contributed by atoms with van der Waals surface area (Å²) in [5.74, 6) is -2.57. The predicted octanol–water partition coefficient (Wildman–Crippen LogP) is 4.96. The number of benzene rings is 3. The lowest BCUT2D eigenvalue weighted by Gasteiger charge is -2.14.